The Balaban J connectivity index is 1.59. The van der Waals surface area contributed by atoms with Crippen LogP contribution in [0.2, 0.25) is 18.1 Å². The van der Waals surface area contributed by atoms with Gasteiger partial charge >= 0.3 is 5.97 Å². The van der Waals surface area contributed by atoms with E-state index in [1.807, 2.05) is 0 Å². The van der Waals surface area contributed by atoms with E-state index < -0.39 is 14.1 Å². The predicted molar refractivity (Wildman–Crippen MR) is 137 cm³/mol. The van der Waals surface area contributed by atoms with E-state index in [-0.39, 0.29) is 51.6 Å². The van der Waals surface area contributed by atoms with Crippen LogP contribution < -0.4 is 0 Å². The van der Waals surface area contributed by atoms with Gasteiger partial charge < -0.3 is 23.4 Å². The van der Waals surface area contributed by atoms with Crippen LogP contribution in [0.15, 0.2) is 0 Å². The zero-order valence-corrected chi connectivity index (χ0v) is 24.3. The maximum Gasteiger partial charge on any atom is 0.309 e. The van der Waals surface area contributed by atoms with Crippen molar-refractivity contribution in [3.63, 3.8) is 0 Å². The fourth-order valence-electron chi connectivity index (χ4n) is 7.99. The molecule has 4 aliphatic rings. The average molecular weight is 509 g/mol. The number of ether oxygens (including phenoxy) is 3. The van der Waals surface area contributed by atoms with Crippen molar-refractivity contribution in [2.45, 2.75) is 110 Å². The monoisotopic (exact) mass is 508 g/mol. The predicted octanol–water partition coefficient (Wildman–Crippen LogP) is 5.74. The second-order valence-electron chi connectivity index (χ2n) is 13.7. The van der Waals surface area contributed by atoms with Crippen LogP contribution in [0.25, 0.3) is 0 Å². The van der Waals surface area contributed by atoms with Crippen LogP contribution in [0, 0.1) is 34.5 Å². The molecule has 0 aromatic carbocycles. The van der Waals surface area contributed by atoms with Crippen LogP contribution in [0.1, 0.15) is 79.6 Å². The van der Waals surface area contributed by atoms with Crippen LogP contribution in [-0.4, -0.2) is 52.8 Å². The molecule has 0 aromatic rings. The van der Waals surface area contributed by atoms with E-state index in [4.69, 9.17) is 18.6 Å². The van der Waals surface area contributed by atoms with Gasteiger partial charge in [-0.25, -0.2) is 0 Å². The van der Waals surface area contributed by atoms with Gasteiger partial charge in [-0.05, 0) is 73.9 Å². The smallest absolute Gasteiger partial charge is 0.309 e. The molecule has 3 aliphatic carbocycles. The van der Waals surface area contributed by atoms with Crippen LogP contribution in [0.5, 0.6) is 0 Å². The minimum absolute atomic E-state index is 0.0617. The summed E-state index contributed by atoms with van der Waals surface area (Å²) in [7, 11) is -0.464. The molecule has 7 atom stereocenters. The quantitative estimate of drug-likeness (QED) is 0.268. The molecule has 4 fully saturated rings. The largest absolute Gasteiger partial charge is 0.469 e. The summed E-state index contributed by atoms with van der Waals surface area (Å²) in [6.07, 6.45) is 7.39. The van der Waals surface area contributed by atoms with Crippen molar-refractivity contribution in [3.05, 3.63) is 0 Å². The van der Waals surface area contributed by atoms with E-state index in [2.05, 4.69) is 47.7 Å². The van der Waals surface area contributed by atoms with Crippen LogP contribution >= 0.6 is 0 Å². The topological polar surface area (TPSA) is 71.1 Å². The molecule has 1 spiro atoms. The summed E-state index contributed by atoms with van der Waals surface area (Å²) in [5, 5.41) is 0.119. The maximum atomic E-state index is 13.2. The van der Waals surface area contributed by atoms with Crippen molar-refractivity contribution in [2.24, 2.45) is 34.5 Å². The first-order chi connectivity index (χ1) is 16.2. The standard InChI is InChI=1S/C28H48O6Si/c1-25(2,3)35(7,8)34-19-9-12-26(4,23(17-19)24(30)31-6)21-10-13-27(5)22(20(21)18-29)11-14-28(27)32-15-16-33-28/h18-23H,9-17H2,1-8H3/t19?,20-,21+,22+,23-,26-,27+/m1/s1. The van der Waals surface area contributed by atoms with Gasteiger partial charge in [0.1, 0.15) is 6.29 Å². The van der Waals surface area contributed by atoms with Gasteiger partial charge in [0, 0.05) is 23.9 Å². The Morgan fingerprint density at radius 3 is 2.20 bits per heavy atom. The lowest BCUT2D eigenvalue weighted by Gasteiger charge is -2.56. The molecular formula is C28H48O6Si. The van der Waals surface area contributed by atoms with Gasteiger partial charge in [-0.15, -0.1) is 0 Å². The number of carbonyl (C=O) groups is 2. The van der Waals surface area contributed by atoms with Crippen LogP contribution in [0.4, 0.5) is 0 Å². The molecule has 0 radical (unpaired) electrons. The molecule has 0 aromatic heterocycles. The van der Waals surface area contributed by atoms with Gasteiger partial charge in [0.25, 0.3) is 0 Å². The zero-order chi connectivity index (χ0) is 25.9. The molecule has 7 heteroatoms. The number of rotatable bonds is 5. The number of methoxy groups -OCH3 is 1. The number of aldehydes is 1. The molecule has 4 rings (SSSR count). The molecule has 1 unspecified atom stereocenters. The molecule has 200 valence electrons. The van der Waals surface area contributed by atoms with E-state index in [1.54, 1.807) is 0 Å². The molecule has 0 N–H and O–H groups in total. The van der Waals surface area contributed by atoms with Crippen molar-refractivity contribution in [2.75, 3.05) is 20.3 Å². The Labute approximate surface area is 213 Å². The lowest BCUT2D eigenvalue weighted by atomic mass is 9.49. The molecular weight excluding hydrogens is 460 g/mol. The SMILES string of the molecule is COC(=O)[C@H]1CC(O[Si](C)(C)C(C)(C)C)CC[C@]1(C)[C@H]1CC[C@@]2(C)[C@@H](CCC23OCCO3)[C@@H]1C=O. The Bertz CT molecular complexity index is 815. The van der Waals surface area contributed by atoms with Gasteiger partial charge in [0.05, 0.1) is 26.2 Å². The molecule has 6 nitrogen and oxygen atoms in total. The third kappa shape index (κ3) is 4.26. The third-order valence-corrected chi connectivity index (χ3v) is 15.7. The minimum atomic E-state index is -1.96. The van der Waals surface area contributed by atoms with Gasteiger partial charge in [-0.3, -0.25) is 4.79 Å². The summed E-state index contributed by atoms with van der Waals surface area (Å²) in [6.45, 7) is 17.1. The van der Waals surface area contributed by atoms with E-state index >= 15 is 0 Å². The number of hydrogen-bond acceptors (Lipinski definition) is 6. The lowest BCUT2D eigenvalue weighted by Crippen LogP contribution is -2.57. The third-order valence-electron chi connectivity index (χ3n) is 11.2. The first-order valence-corrected chi connectivity index (χ1v) is 16.6. The zero-order valence-electron chi connectivity index (χ0n) is 23.3. The van der Waals surface area contributed by atoms with Gasteiger partial charge in [-0.2, -0.15) is 0 Å². The molecule has 0 amide bonds. The summed E-state index contributed by atoms with van der Waals surface area (Å²) in [5.41, 5.74) is -0.453. The van der Waals surface area contributed by atoms with Crippen molar-refractivity contribution in [1.29, 1.82) is 0 Å². The van der Waals surface area contributed by atoms with E-state index in [0.29, 0.717) is 19.6 Å². The van der Waals surface area contributed by atoms with E-state index in [0.717, 1.165) is 38.5 Å². The van der Waals surface area contributed by atoms with Crippen molar-refractivity contribution in [3.8, 4) is 0 Å². The van der Waals surface area contributed by atoms with E-state index in [1.165, 1.54) is 13.4 Å². The number of carbonyl (C=O) groups excluding carboxylic acids is 2. The van der Waals surface area contributed by atoms with Crippen molar-refractivity contribution >= 4 is 20.6 Å². The average Bonchev–Trinajstić information content (AvgIpc) is 3.39. The minimum Gasteiger partial charge on any atom is -0.469 e. The van der Waals surface area contributed by atoms with Gasteiger partial charge in [-0.1, -0.05) is 34.6 Å². The molecule has 0 bridgehead atoms. The Morgan fingerprint density at radius 2 is 1.63 bits per heavy atom. The van der Waals surface area contributed by atoms with Crippen molar-refractivity contribution < 1.29 is 28.2 Å². The highest BCUT2D eigenvalue weighted by Gasteiger charge is 2.67. The summed E-state index contributed by atoms with van der Waals surface area (Å²) in [5.74, 6) is -0.695. The second kappa shape index (κ2) is 9.21. The lowest BCUT2D eigenvalue weighted by molar-refractivity contribution is -0.242. The fourth-order valence-corrected chi connectivity index (χ4v) is 9.39. The summed E-state index contributed by atoms with van der Waals surface area (Å²) in [4.78, 5) is 26.0. The molecule has 3 saturated carbocycles. The van der Waals surface area contributed by atoms with Crippen LogP contribution in [-0.2, 0) is 28.2 Å². The molecule has 1 heterocycles. The molecule has 35 heavy (non-hydrogen) atoms. The summed E-state index contributed by atoms with van der Waals surface area (Å²) >= 11 is 0. The number of esters is 1. The first-order valence-electron chi connectivity index (χ1n) is 13.7. The highest BCUT2D eigenvalue weighted by Crippen LogP contribution is 2.66. The van der Waals surface area contributed by atoms with E-state index in [9.17, 15) is 9.59 Å². The second-order valence-corrected chi connectivity index (χ2v) is 18.5. The van der Waals surface area contributed by atoms with Gasteiger partial charge in [0.15, 0.2) is 14.1 Å². The van der Waals surface area contributed by atoms with Crippen molar-refractivity contribution in [1.82, 2.24) is 0 Å². The first kappa shape index (κ1) is 27.3. The van der Waals surface area contributed by atoms with Crippen LogP contribution in [0.3, 0.4) is 0 Å². The maximum absolute atomic E-state index is 13.2. The summed E-state index contributed by atoms with van der Waals surface area (Å²) in [6, 6.07) is 0. The Kier molecular flexibility index (Phi) is 7.18. The van der Waals surface area contributed by atoms with Gasteiger partial charge in [0.2, 0.25) is 0 Å². The summed E-state index contributed by atoms with van der Waals surface area (Å²) < 4.78 is 24.6. The molecule has 1 saturated heterocycles. The Hall–Kier alpha value is -0.763. The Morgan fingerprint density at radius 1 is 1.00 bits per heavy atom. The number of fused-ring (bicyclic) bond motifs is 2. The highest BCUT2D eigenvalue weighted by molar-refractivity contribution is 6.74. The molecule has 1 aliphatic heterocycles. The highest BCUT2D eigenvalue weighted by atomic mass is 28.4. The number of hydrogen-bond donors (Lipinski definition) is 0. The normalized spacial score (nSPS) is 41.5. The fraction of sp³-hybridized carbons (Fsp3) is 0.929.